The van der Waals surface area contributed by atoms with Crippen LogP contribution in [0.5, 0.6) is 0 Å². The molecule has 1 unspecified atom stereocenters. The van der Waals surface area contributed by atoms with Gasteiger partial charge in [-0.15, -0.1) is 0 Å². The average Bonchev–Trinajstić information content (AvgIpc) is 2.85. The molecule has 3 N–H and O–H groups in total. The van der Waals surface area contributed by atoms with E-state index in [1.165, 1.54) is 24.5 Å². The van der Waals surface area contributed by atoms with Crippen LogP contribution in [-0.2, 0) is 10.0 Å². The molecule has 19 heavy (non-hydrogen) atoms. The quantitative estimate of drug-likeness (QED) is 0.850. The first-order valence-electron chi connectivity index (χ1n) is 5.51. The normalized spacial score (nSPS) is 13.4. The van der Waals surface area contributed by atoms with Crippen LogP contribution in [0.3, 0.4) is 0 Å². The molecule has 5 nitrogen and oxygen atoms in total. The lowest BCUT2D eigenvalue weighted by Gasteiger charge is -2.12. The fourth-order valence-electron chi connectivity index (χ4n) is 1.57. The van der Waals surface area contributed by atoms with Crippen molar-refractivity contribution in [1.82, 2.24) is 4.72 Å². The maximum absolute atomic E-state index is 12.1. The number of halogens is 1. The molecule has 0 aliphatic carbocycles. The molecule has 0 amide bonds. The summed E-state index contributed by atoms with van der Waals surface area (Å²) in [6.45, 7) is 1.69. The van der Waals surface area contributed by atoms with E-state index < -0.39 is 16.1 Å². The summed E-state index contributed by atoms with van der Waals surface area (Å²) in [5.41, 5.74) is 5.88. The van der Waals surface area contributed by atoms with E-state index in [0.29, 0.717) is 11.4 Å². The molecule has 7 heteroatoms. The number of nitrogens with two attached hydrogens (primary N) is 1. The molecule has 0 aliphatic rings. The summed E-state index contributed by atoms with van der Waals surface area (Å²) < 4.78 is 31.9. The minimum absolute atomic E-state index is 0.0603. The number of rotatable bonds is 4. The highest BCUT2D eigenvalue weighted by Gasteiger charge is 2.20. The molecule has 0 spiro atoms. The molecule has 102 valence electrons. The third kappa shape index (κ3) is 3.09. The lowest BCUT2D eigenvalue weighted by Crippen LogP contribution is -2.26. The number of hydrogen-bond donors (Lipinski definition) is 2. The van der Waals surface area contributed by atoms with Gasteiger partial charge >= 0.3 is 0 Å². The van der Waals surface area contributed by atoms with Gasteiger partial charge in [-0.2, -0.15) is 0 Å². The molecule has 0 radical (unpaired) electrons. The monoisotopic (exact) mass is 300 g/mol. The van der Waals surface area contributed by atoms with Gasteiger partial charge in [0.2, 0.25) is 10.0 Å². The lowest BCUT2D eigenvalue weighted by atomic mass is 10.3. The Morgan fingerprint density at radius 3 is 2.68 bits per heavy atom. The Balaban J connectivity index is 2.25. The number of anilines is 1. The van der Waals surface area contributed by atoms with E-state index in [2.05, 4.69) is 4.72 Å². The summed E-state index contributed by atoms with van der Waals surface area (Å²) in [4.78, 5) is 0.0603. The van der Waals surface area contributed by atoms with Crippen molar-refractivity contribution < 1.29 is 12.8 Å². The number of sulfonamides is 1. The molecular weight excluding hydrogens is 288 g/mol. The van der Waals surface area contributed by atoms with Crippen LogP contribution in [0.4, 0.5) is 5.69 Å². The second kappa shape index (κ2) is 5.24. The zero-order valence-electron chi connectivity index (χ0n) is 10.1. The fraction of sp³-hybridized carbons (Fsp3) is 0.167. The first kappa shape index (κ1) is 13.9. The van der Waals surface area contributed by atoms with Crippen LogP contribution in [0.15, 0.2) is 45.9 Å². The van der Waals surface area contributed by atoms with Gasteiger partial charge in [0.25, 0.3) is 0 Å². The van der Waals surface area contributed by atoms with Crippen molar-refractivity contribution in [2.45, 2.75) is 17.9 Å². The van der Waals surface area contributed by atoms with E-state index in [1.807, 2.05) is 0 Å². The Kier molecular flexibility index (Phi) is 3.84. The van der Waals surface area contributed by atoms with E-state index >= 15 is 0 Å². The molecule has 1 heterocycles. The van der Waals surface area contributed by atoms with Gasteiger partial charge in [-0.25, -0.2) is 13.1 Å². The second-order valence-electron chi connectivity index (χ2n) is 4.04. The third-order valence-electron chi connectivity index (χ3n) is 2.58. The molecule has 2 rings (SSSR count). The molecular formula is C12H13ClN2O3S. The van der Waals surface area contributed by atoms with Crippen molar-refractivity contribution in [3.63, 3.8) is 0 Å². The van der Waals surface area contributed by atoms with Crippen LogP contribution in [0.25, 0.3) is 0 Å². The van der Waals surface area contributed by atoms with Gasteiger partial charge in [0.1, 0.15) is 5.76 Å². The lowest BCUT2D eigenvalue weighted by molar-refractivity contribution is 0.459. The fourth-order valence-corrected chi connectivity index (χ4v) is 3.05. The van der Waals surface area contributed by atoms with E-state index in [-0.39, 0.29) is 9.92 Å². The largest absolute Gasteiger partial charge is 0.468 e. The Morgan fingerprint density at radius 1 is 1.37 bits per heavy atom. The van der Waals surface area contributed by atoms with Crippen molar-refractivity contribution in [1.29, 1.82) is 0 Å². The van der Waals surface area contributed by atoms with Crippen molar-refractivity contribution in [3.05, 3.63) is 47.4 Å². The maximum Gasteiger partial charge on any atom is 0.241 e. The average molecular weight is 301 g/mol. The molecule has 1 atom stereocenters. The number of nitrogens with one attached hydrogen (secondary N) is 1. The van der Waals surface area contributed by atoms with E-state index in [0.717, 1.165) is 0 Å². The van der Waals surface area contributed by atoms with Crippen LogP contribution in [-0.4, -0.2) is 8.42 Å². The van der Waals surface area contributed by atoms with Gasteiger partial charge in [-0.1, -0.05) is 11.6 Å². The van der Waals surface area contributed by atoms with Crippen LogP contribution >= 0.6 is 11.6 Å². The predicted octanol–water partition coefficient (Wildman–Crippen LogP) is 2.55. The van der Waals surface area contributed by atoms with Crippen molar-refractivity contribution >= 4 is 27.3 Å². The standard InChI is InChI=1S/C12H13ClN2O3S/c1-8(12-3-2-6-18-12)15-19(16,17)9-4-5-11(14)10(13)7-9/h2-8,15H,14H2,1H3. The number of furan rings is 1. The molecule has 0 fully saturated rings. The number of hydrogen-bond acceptors (Lipinski definition) is 4. The van der Waals surface area contributed by atoms with Crippen molar-refractivity contribution in [2.24, 2.45) is 0 Å². The summed E-state index contributed by atoms with van der Waals surface area (Å²) in [6.07, 6.45) is 1.49. The Hall–Kier alpha value is -1.50. The SMILES string of the molecule is CC(NS(=O)(=O)c1ccc(N)c(Cl)c1)c1ccco1. The predicted molar refractivity (Wildman–Crippen MR) is 73.3 cm³/mol. The van der Waals surface area contributed by atoms with Gasteiger partial charge in [0, 0.05) is 0 Å². The Morgan fingerprint density at radius 2 is 2.11 bits per heavy atom. The summed E-state index contributed by atoms with van der Waals surface area (Å²) in [6, 6.07) is 7.08. The van der Waals surface area contributed by atoms with Crippen molar-refractivity contribution in [3.8, 4) is 0 Å². The molecule has 1 aromatic carbocycles. The van der Waals surface area contributed by atoms with Crippen LogP contribution in [0, 0.1) is 0 Å². The van der Waals surface area contributed by atoms with E-state index in [4.69, 9.17) is 21.8 Å². The van der Waals surface area contributed by atoms with Gasteiger partial charge in [0.05, 0.1) is 27.9 Å². The molecule has 0 bridgehead atoms. The van der Waals surface area contributed by atoms with Gasteiger partial charge < -0.3 is 10.2 Å². The smallest absolute Gasteiger partial charge is 0.241 e. The molecule has 0 aliphatic heterocycles. The third-order valence-corrected chi connectivity index (χ3v) is 4.45. The maximum atomic E-state index is 12.1. The zero-order valence-corrected chi connectivity index (χ0v) is 11.7. The first-order chi connectivity index (χ1) is 8.90. The molecule has 0 saturated carbocycles. The molecule has 1 aromatic heterocycles. The first-order valence-corrected chi connectivity index (χ1v) is 7.37. The highest BCUT2D eigenvalue weighted by molar-refractivity contribution is 7.89. The Bertz CT molecular complexity index is 668. The number of nitrogen functional groups attached to an aromatic ring is 1. The van der Waals surface area contributed by atoms with Crippen molar-refractivity contribution in [2.75, 3.05) is 5.73 Å². The van der Waals surface area contributed by atoms with Crippen LogP contribution in [0.2, 0.25) is 5.02 Å². The summed E-state index contributed by atoms with van der Waals surface area (Å²) >= 11 is 5.82. The highest BCUT2D eigenvalue weighted by Crippen LogP contribution is 2.23. The van der Waals surface area contributed by atoms with E-state index in [9.17, 15) is 8.42 Å². The molecule has 0 saturated heterocycles. The van der Waals surface area contributed by atoms with Gasteiger partial charge in [-0.3, -0.25) is 0 Å². The Labute approximate surface area is 116 Å². The van der Waals surface area contributed by atoms with Crippen LogP contribution in [0.1, 0.15) is 18.7 Å². The summed E-state index contributed by atoms with van der Waals surface area (Å²) in [7, 11) is -3.67. The highest BCUT2D eigenvalue weighted by atomic mass is 35.5. The zero-order chi connectivity index (χ0) is 14.0. The topological polar surface area (TPSA) is 85.3 Å². The second-order valence-corrected chi connectivity index (χ2v) is 6.16. The molecule has 2 aromatic rings. The summed E-state index contributed by atoms with van der Waals surface area (Å²) in [5, 5.41) is 0.202. The minimum Gasteiger partial charge on any atom is -0.468 e. The van der Waals surface area contributed by atoms with Gasteiger partial charge in [-0.05, 0) is 37.3 Å². The summed E-state index contributed by atoms with van der Waals surface area (Å²) in [5.74, 6) is 0.533. The number of benzene rings is 1. The van der Waals surface area contributed by atoms with Crippen LogP contribution < -0.4 is 10.5 Å². The van der Waals surface area contributed by atoms with E-state index in [1.54, 1.807) is 19.1 Å². The minimum atomic E-state index is -3.67. The van der Waals surface area contributed by atoms with Gasteiger partial charge in [0.15, 0.2) is 0 Å².